The standard InChI is InChI=1S/C24H20BrF2NO3/c1-30-18-9-5-8-16(12-18)20-11-10-17-13-19(26)22(27)21(25)23(17)28(20)24(29)31-14-15-6-3-2-4-7-15/h2-9,12-13,20H,10-11,14H2,1H3. The number of hydrogen-bond acceptors (Lipinski definition) is 3. The second-order valence-corrected chi connectivity index (χ2v) is 8.03. The van der Waals surface area contributed by atoms with E-state index in [0.717, 1.165) is 17.2 Å². The third-order valence-corrected chi connectivity index (χ3v) is 6.06. The first-order chi connectivity index (χ1) is 15.0. The first-order valence-electron chi connectivity index (χ1n) is 9.80. The molecule has 3 aromatic carbocycles. The number of aryl methyl sites for hydroxylation is 1. The molecular weight excluding hydrogens is 468 g/mol. The Hall–Kier alpha value is -2.93. The fourth-order valence-corrected chi connectivity index (χ4v) is 4.47. The van der Waals surface area contributed by atoms with E-state index in [9.17, 15) is 13.6 Å². The minimum atomic E-state index is -1.04. The number of carbonyl (C=O) groups excluding carboxylic acids is 1. The molecule has 7 heteroatoms. The third kappa shape index (κ3) is 4.28. The van der Waals surface area contributed by atoms with E-state index in [2.05, 4.69) is 15.9 Å². The number of methoxy groups -OCH3 is 1. The van der Waals surface area contributed by atoms with Crippen molar-refractivity contribution in [1.82, 2.24) is 0 Å². The van der Waals surface area contributed by atoms with Gasteiger partial charge in [-0.3, -0.25) is 4.90 Å². The topological polar surface area (TPSA) is 38.8 Å². The molecular formula is C24H20BrF2NO3. The highest BCUT2D eigenvalue weighted by atomic mass is 79.9. The maximum atomic E-state index is 14.4. The van der Waals surface area contributed by atoms with Gasteiger partial charge in [-0.25, -0.2) is 13.6 Å². The summed E-state index contributed by atoms with van der Waals surface area (Å²) in [6.45, 7) is 0.0671. The fraction of sp³-hybridized carbons (Fsp3) is 0.208. The van der Waals surface area contributed by atoms with Gasteiger partial charge in [0.2, 0.25) is 0 Å². The Kier molecular flexibility index (Phi) is 6.23. The third-order valence-electron chi connectivity index (χ3n) is 5.34. The molecule has 1 aliphatic rings. The van der Waals surface area contributed by atoms with Crippen molar-refractivity contribution in [2.45, 2.75) is 25.5 Å². The van der Waals surface area contributed by atoms with Crippen LogP contribution in [0.2, 0.25) is 0 Å². The zero-order valence-electron chi connectivity index (χ0n) is 16.8. The van der Waals surface area contributed by atoms with Gasteiger partial charge >= 0.3 is 6.09 Å². The molecule has 0 aliphatic carbocycles. The number of fused-ring (bicyclic) bond motifs is 1. The Morgan fingerprint density at radius 2 is 1.90 bits per heavy atom. The van der Waals surface area contributed by atoms with Crippen LogP contribution in [0.5, 0.6) is 5.75 Å². The lowest BCUT2D eigenvalue weighted by atomic mass is 9.91. The monoisotopic (exact) mass is 487 g/mol. The fourth-order valence-electron chi connectivity index (χ4n) is 3.83. The van der Waals surface area contributed by atoms with Gasteiger partial charge in [-0.05, 0) is 63.7 Å². The normalized spacial score (nSPS) is 15.4. The lowest BCUT2D eigenvalue weighted by molar-refractivity contribution is 0.143. The van der Waals surface area contributed by atoms with Crippen LogP contribution >= 0.6 is 15.9 Å². The average molecular weight is 488 g/mol. The molecule has 1 amide bonds. The molecule has 1 atom stereocenters. The maximum absolute atomic E-state index is 14.4. The summed E-state index contributed by atoms with van der Waals surface area (Å²) in [6.07, 6.45) is 0.373. The van der Waals surface area contributed by atoms with Crippen molar-refractivity contribution < 1.29 is 23.0 Å². The van der Waals surface area contributed by atoms with Crippen LogP contribution in [0.25, 0.3) is 0 Å². The number of benzene rings is 3. The van der Waals surface area contributed by atoms with Crippen molar-refractivity contribution in [2.75, 3.05) is 12.0 Å². The number of rotatable bonds is 4. The minimum Gasteiger partial charge on any atom is -0.497 e. The zero-order chi connectivity index (χ0) is 22.0. The first kappa shape index (κ1) is 21.3. The van der Waals surface area contributed by atoms with Gasteiger partial charge in [-0.2, -0.15) is 0 Å². The molecule has 0 spiro atoms. The van der Waals surface area contributed by atoms with Gasteiger partial charge in [-0.1, -0.05) is 42.5 Å². The van der Waals surface area contributed by atoms with E-state index < -0.39 is 23.8 Å². The van der Waals surface area contributed by atoms with Crippen LogP contribution in [-0.4, -0.2) is 13.2 Å². The highest BCUT2D eigenvalue weighted by Gasteiger charge is 2.36. The lowest BCUT2D eigenvalue weighted by Crippen LogP contribution is -2.39. The second kappa shape index (κ2) is 9.06. The summed E-state index contributed by atoms with van der Waals surface area (Å²) in [5, 5.41) is 0. The van der Waals surface area contributed by atoms with E-state index in [1.54, 1.807) is 7.11 Å². The highest BCUT2D eigenvalue weighted by Crippen LogP contribution is 2.45. The Morgan fingerprint density at radius 3 is 2.65 bits per heavy atom. The van der Waals surface area contributed by atoms with Gasteiger partial charge in [-0.15, -0.1) is 0 Å². The van der Waals surface area contributed by atoms with Crippen LogP contribution in [0.15, 0.2) is 65.1 Å². The molecule has 0 aromatic heterocycles. The molecule has 0 saturated heterocycles. The molecule has 4 rings (SSSR count). The van der Waals surface area contributed by atoms with Gasteiger partial charge in [0.05, 0.1) is 23.3 Å². The average Bonchev–Trinajstić information content (AvgIpc) is 2.81. The highest BCUT2D eigenvalue weighted by molar-refractivity contribution is 9.10. The lowest BCUT2D eigenvalue weighted by Gasteiger charge is -2.37. The van der Waals surface area contributed by atoms with Crippen LogP contribution in [0.1, 0.15) is 29.2 Å². The molecule has 1 heterocycles. The summed E-state index contributed by atoms with van der Waals surface area (Å²) < 4.78 is 39.3. The number of anilines is 1. The minimum absolute atomic E-state index is 0.0671. The summed E-state index contributed by atoms with van der Waals surface area (Å²) >= 11 is 3.16. The van der Waals surface area contributed by atoms with E-state index in [-0.39, 0.29) is 16.8 Å². The molecule has 0 N–H and O–H groups in total. The number of nitrogens with zero attached hydrogens (tertiary/aromatic N) is 1. The summed E-state index contributed by atoms with van der Waals surface area (Å²) in [5.74, 6) is -1.35. The Morgan fingerprint density at radius 1 is 1.13 bits per heavy atom. The number of ether oxygens (including phenoxy) is 2. The van der Waals surface area contributed by atoms with Gasteiger partial charge in [0.15, 0.2) is 11.6 Å². The summed E-state index contributed by atoms with van der Waals surface area (Å²) in [5.41, 5.74) is 2.48. The SMILES string of the molecule is COc1cccc(C2CCc3cc(F)c(F)c(Br)c3N2C(=O)OCc2ccccc2)c1. The molecule has 4 nitrogen and oxygen atoms in total. The Bertz CT molecular complexity index is 1110. The number of halogens is 3. The van der Waals surface area contributed by atoms with Crippen molar-refractivity contribution in [1.29, 1.82) is 0 Å². The molecule has 31 heavy (non-hydrogen) atoms. The van der Waals surface area contributed by atoms with Gasteiger partial charge in [0.25, 0.3) is 0 Å². The van der Waals surface area contributed by atoms with E-state index in [1.807, 2.05) is 54.6 Å². The van der Waals surface area contributed by atoms with E-state index >= 15 is 0 Å². The van der Waals surface area contributed by atoms with Gasteiger partial charge < -0.3 is 9.47 Å². The molecule has 1 unspecified atom stereocenters. The molecule has 0 bridgehead atoms. The first-order valence-corrected chi connectivity index (χ1v) is 10.6. The quantitative estimate of drug-likeness (QED) is 0.390. The smallest absolute Gasteiger partial charge is 0.415 e. The van der Waals surface area contributed by atoms with Gasteiger partial charge in [0, 0.05) is 0 Å². The molecule has 0 saturated carbocycles. The number of hydrogen-bond donors (Lipinski definition) is 0. The van der Waals surface area contributed by atoms with Crippen LogP contribution in [0, 0.1) is 11.6 Å². The van der Waals surface area contributed by atoms with Crippen LogP contribution in [0.4, 0.5) is 19.3 Å². The summed E-state index contributed by atoms with van der Waals surface area (Å²) in [7, 11) is 1.57. The van der Waals surface area contributed by atoms with E-state index in [1.165, 1.54) is 4.90 Å². The molecule has 160 valence electrons. The largest absolute Gasteiger partial charge is 0.497 e. The van der Waals surface area contributed by atoms with Crippen LogP contribution < -0.4 is 9.64 Å². The van der Waals surface area contributed by atoms with E-state index in [4.69, 9.17) is 9.47 Å². The van der Waals surface area contributed by atoms with Crippen molar-refractivity contribution in [3.8, 4) is 5.75 Å². The second-order valence-electron chi connectivity index (χ2n) is 7.24. The van der Waals surface area contributed by atoms with Crippen molar-refractivity contribution in [3.63, 3.8) is 0 Å². The molecule has 1 aliphatic heterocycles. The molecule has 3 aromatic rings. The van der Waals surface area contributed by atoms with Crippen molar-refractivity contribution >= 4 is 27.7 Å². The van der Waals surface area contributed by atoms with Gasteiger partial charge in [0.1, 0.15) is 12.4 Å². The predicted molar refractivity (Wildman–Crippen MR) is 117 cm³/mol. The summed E-state index contributed by atoms with van der Waals surface area (Å²) in [4.78, 5) is 14.7. The van der Waals surface area contributed by atoms with Crippen molar-refractivity contribution in [2.24, 2.45) is 0 Å². The van der Waals surface area contributed by atoms with Crippen LogP contribution in [0.3, 0.4) is 0 Å². The maximum Gasteiger partial charge on any atom is 0.415 e. The summed E-state index contributed by atoms with van der Waals surface area (Å²) in [6, 6.07) is 17.4. The van der Waals surface area contributed by atoms with Crippen molar-refractivity contribution in [3.05, 3.63) is 93.5 Å². The predicted octanol–water partition coefficient (Wildman–Crippen LogP) is 6.57. The molecule has 0 fully saturated rings. The Balaban J connectivity index is 1.75. The number of carbonyl (C=O) groups is 1. The van der Waals surface area contributed by atoms with Crippen LogP contribution in [-0.2, 0) is 17.8 Å². The van der Waals surface area contributed by atoms with E-state index in [0.29, 0.717) is 24.2 Å². The zero-order valence-corrected chi connectivity index (χ0v) is 18.4. The molecule has 0 radical (unpaired) electrons. The number of amides is 1. The Labute approximate surface area is 187 Å².